The molecule has 0 radical (unpaired) electrons. The summed E-state index contributed by atoms with van der Waals surface area (Å²) in [7, 11) is 0. The standard InChI is InChI=1S/C39H26N4/c1-5-14-27(15-6-1)30-24-25-32-35(26-30)43(31-20-11-4-12-21-31)34-23-13-22-33(36(32)34)39-41-37(28-16-7-2-8-17-28)40-38(42-39)29-18-9-3-10-19-29/h1-26H. The van der Waals surface area contributed by atoms with E-state index >= 15 is 0 Å². The van der Waals surface area contributed by atoms with E-state index in [2.05, 4.69) is 102 Å². The maximum Gasteiger partial charge on any atom is 0.164 e. The maximum atomic E-state index is 5.07. The summed E-state index contributed by atoms with van der Waals surface area (Å²) in [6, 6.07) is 54.5. The second kappa shape index (κ2) is 10.5. The van der Waals surface area contributed by atoms with E-state index in [1.807, 2.05) is 60.7 Å². The van der Waals surface area contributed by atoms with E-state index in [-0.39, 0.29) is 0 Å². The Labute approximate surface area is 249 Å². The van der Waals surface area contributed by atoms with E-state index < -0.39 is 0 Å². The van der Waals surface area contributed by atoms with Crippen molar-refractivity contribution in [2.45, 2.75) is 0 Å². The molecule has 8 aromatic rings. The Morgan fingerprint density at radius 2 is 0.907 bits per heavy atom. The summed E-state index contributed by atoms with van der Waals surface area (Å²) in [6.45, 7) is 0. The lowest BCUT2D eigenvalue weighted by Gasteiger charge is -2.10. The summed E-state index contributed by atoms with van der Waals surface area (Å²) in [5.74, 6) is 1.96. The van der Waals surface area contributed by atoms with Gasteiger partial charge in [0.25, 0.3) is 0 Å². The van der Waals surface area contributed by atoms with Crippen molar-refractivity contribution in [3.8, 4) is 51.0 Å². The van der Waals surface area contributed by atoms with E-state index in [9.17, 15) is 0 Å². The van der Waals surface area contributed by atoms with Crippen LogP contribution in [0.5, 0.6) is 0 Å². The zero-order valence-electron chi connectivity index (χ0n) is 23.3. The van der Waals surface area contributed by atoms with Gasteiger partial charge in [-0.2, -0.15) is 0 Å². The first-order valence-electron chi connectivity index (χ1n) is 14.4. The van der Waals surface area contributed by atoms with Crippen molar-refractivity contribution in [2.24, 2.45) is 0 Å². The van der Waals surface area contributed by atoms with Gasteiger partial charge >= 0.3 is 0 Å². The molecule has 0 aliphatic carbocycles. The van der Waals surface area contributed by atoms with Crippen LogP contribution in [-0.4, -0.2) is 19.5 Å². The minimum Gasteiger partial charge on any atom is -0.309 e. The van der Waals surface area contributed by atoms with Crippen LogP contribution in [0.2, 0.25) is 0 Å². The molecule has 0 saturated heterocycles. The van der Waals surface area contributed by atoms with Crippen molar-refractivity contribution < 1.29 is 0 Å². The van der Waals surface area contributed by atoms with Gasteiger partial charge in [-0.25, -0.2) is 15.0 Å². The molecule has 0 atom stereocenters. The predicted octanol–water partition coefficient (Wildman–Crippen LogP) is 9.64. The molecule has 0 aliphatic heterocycles. The highest BCUT2D eigenvalue weighted by atomic mass is 15.0. The largest absolute Gasteiger partial charge is 0.309 e. The van der Waals surface area contributed by atoms with Gasteiger partial charge in [0.15, 0.2) is 17.5 Å². The van der Waals surface area contributed by atoms with E-state index in [1.165, 1.54) is 11.1 Å². The zero-order valence-corrected chi connectivity index (χ0v) is 23.3. The Morgan fingerprint density at radius 1 is 0.372 bits per heavy atom. The maximum absolute atomic E-state index is 5.07. The lowest BCUT2D eigenvalue weighted by Crippen LogP contribution is -2.00. The van der Waals surface area contributed by atoms with Gasteiger partial charge in [0.1, 0.15) is 0 Å². The quantitative estimate of drug-likeness (QED) is 0.214. The average molecular weight is 551 g/mol. The third kappa shape index (κ3) is 4.46. The van der Waals surface area contributed by atoms with Crippen molar-refractivity contribution in [3.63, 3.8) is 0 Å². The number of fused-ring (bicyclic) bond motifs is 3. The molecule has 8 rings (SSSR count). The zero-order chi connectivity index (χ0) is 28.6. The Kier molecular flexibility index (Phi) is 6.08. The molecule has 0 bridgehead atoms. The molecule has 0 unspecified atom stereocenters. The van der Waals surface area contributed by atoms with Crippen molar-refractivity contribution >= 4 is 21.8 Å². The minimum absolute atomic E-state index is 0.651. The summed E-state index contributed by atoms with van der Waals surface area (Å²) in [5.41, 5.74) is 8.59. The van der Waals surface area contributed by atoms with Crippen LogP contribution in [0.3, 0.4) is 0 Å². The van der Waals surface area contributed by atoms with E-state index in [0.29, 0.717) is 17.5 Å². The fourth-order valence-corrected chi connectivity index (χ4v) is 5.85. The summed E-state index contributed by atoms with van der Waals surface area (Å²) < 4.78 is 2.35. The Bertz CT molecular complexity index is 2150. The van der Waals surface area contributed by atoms with Crippen LogP contribution in [0.15, 0.2) is 158 Å². The highest BCUT2D eigenvalue weighted by Crippen LogP contribution is 2.39. The van der Waals surface area contributed by atoms with Crippen LogP contribution >= 0.6 is 0 Å². The molecule has 43 heavy (non-hydrogen) atoms. The van der Waals surface area contributed by atoms with Crippen LogP contribution in [0, 0.1) is 0 Å². The fraction of sp³-hybridized carbons (Fsp3) is 0. The second-order valence-electron chi connectivity index (χ2n) is 10.5. The van der Waals surface area contributed by atoms with Crippen LogP contribution in [0.4, 0.5) is 0 Å². The van der Waals surface area contributed by atoms with Crippen LogP contribution in [0.25, 0.3) is 72.8 Å². The van der Waals surface area contributed by atoms with Gasteiger partial charge in [-0.3, -0.25) is 0 Å². The fourth-order valence-electron chi connectivity index (χ4n) is 5.85. The monoisotopic (exact) mass is 550 g/mol. The molecule has 2 heterocycles. The Balaban J connectivity index is 1.43. The van der Waals surface area contributed by atoms with Crippen molar-refractivity contribution in [3.05, 3.63) is 158 Å². The van der Waals surface area contributed by atoms with Gasteiger partial charge in [-0.05, 0) is 35.4 Å². The molecule has 202 valence electrons. The Hall–Kier alpha value is -5.87. The summed E-state index contributed by atoms with van der Waals surface area (Å²) >= 11 is 0. The molecule has 0 amide bonds. The van der Waals surface area contributed by atoms with Crippen molar-refractivity contribution in [1.29, 1.82) is 0 Å². The number of nitrogens with zero attached hydrogens (tertiary/aromatic N) is 4. The summed E-state index contributed by atoms with van der Waals surface area (Å²) in [5, 5.41) is 2.27. The molecule has 4 heteroatoms. The van der Waals surface area contributed by atoms with E-state index in [4.69, 9.17) is 15.0 Å². The highest BCUT2D eigenvalue weighted by molar-refractivity contribution is 6.16. The molecule has 0 spiro atoms. The van der Waals surface area contributed by atoms with Crippen molar-refractivity contribution in [1.82, 2.24) is 19.5 Å². The highest BCUT2D eigenvalue weighted by Gasteiger charge is 2.20. The first kappa shape index (κ1) is 24.9. The van der Waals surface area contributed by atoms with Gasteiger partial charge in [0, 0.05) is 33.2 Å². The van der Waals surface area contributed by atoms with Gasteiger partial charge in [0.05, 0.1) is 11.0 Å². The lowest BCUT2D eigenvalue weighted by atomic mass is 10.0. The van der Waals surface area contributed by atoms with Gasteiger partial charge < -0.3 is 4.57 Å². The molecule has 0 aliphatic rings. The predicted molar refractivity (Wildman–Crippen MR) is 176 cm³/mol. The van der Waals surface area contributed by atoms with Gasteiger partial charge in [-0.1, -0.05) is 133 Å². The third-order valence-corrected chi connectivity index (χ3v) is 7.85. The molecular weight excluding hydrogens is 524 g/mol. The third-order valence-electron chi connectivity index (χ3n) is 7.85. The molecule has 6 aromatic carbocycles. The molecule has 0 fully saturated rings. The summed E-state index contributed by atoms with van der Waals surface area (Å²) in [4.78, 5) is 15.1. The first-order chi connectivity index (χ1) is 21.3. The SMILES string of the molecule is c1ccc(-c2ccc3c4c(-c5nc(-c6ccccc6)nc(-c6ccccc6)n5)cccc4n(-c4ccccc4)c3c2)cc1. The lowest BCUT2D eigenvalue weighted by molar-refractivity contribution is 1.08. The molecule has 2 aromatic heterocycles. The molecular formula is C39H26N4. The number of hydrogen-bond donors (Lipinski definition) is 0. The Morgan fingerprint density at radius 3 is 1.51 bits per heavy atom. The average Bonchev–Trinajstić information content (AvgIpc) is 3.43. The summed E-state index contributed by atoms with van der Waals surface area (Å²) in [6.07, 6.45) is 0. The van der Waals surface area contributed by atoms with Gasteiger partial charge in [-0.15, -0.1) is 0 Å². The van der Waals surface area contributed by atoms with Crippen LogP contribution < -0.4 is 0 Å². The number of rotatable bonds is 5. The normalized spacial score (nSPS) is 11.3. The number of benzene rings is 6. The van der Waals surface area contributed by atoms with Crippen molar-refractivity contribution in [2.75, 3.05) is 0 Å². The van der Waals surface area contributed by atoms with E-state index in [0.717, 1.165) is 44.2 Å². The number of hydrogen-bond acceptors (Lipinski definition) is 3. The van der Waals surface area contributed by atoms with Crippen LogP contribution in [0.1, 0.15) is 0 Å². The van der Waals surface area contributed by atoms with E-state index in [1.54, 1.807) is 0 Å². The van der Waals surface area contributed by atoms with Gasteiger partial charge in [0.2, 0.25) is 0 Å². The minimum atomic E-state index is 0.651. The molecule has 0 saturated carbocycles. The molecule has 0 N–H and O–H groups in total. The van der Waals surface area contributed by atoms with Crippen LogP contribution in [-0.2, 0) is 0 Å². The molecule has 4 nitrogen and oxygen atoms in total. The number of para-hydroxylation sites is 1. The first-order valence-corrected chi connectivity index (χ1v) is 14.4. The number of aromatic nitrogens is 4. The topological polar surface area (TPSA) is 43.6 Å². The smallest absolute Gasteiger partial charge is 0.164 e. The second-order valence-corrected chi connectivity index (χ2v) is 10.5.